The van der Waals surface area contributed by atoms with E-state index in [1.54, 1.807) is 12.1 Å². The minimum atomic E-state index is -0.427. The Labute approximate surface area is 192 Å². The second kappa shape index (κ2) is 8.54. The molecule has 0 saturated carbocycles. The van der Waals surface area contributed by atoms with Crippen LogP contribution in [0.15, 0.2) is 78.0 Å². The fourth-order valence-corrected chi connectivity index (χ4v) is 4.78. The van der Waals surface area contributed by atoms with E-state index >= 15 is 0 Å². The zero-order valence-electron chi connectivity index (χ0n) is 18.6. The van der Waals surface area contributed by atoms with Crippen LogP contribution >= 0.6 is 0 Å². The summed E-state index contributed by atoms with van der Waals surface area (Å²) in [5.41, 5.74) is 5.37. The molecule has 5 rings (SSSR count). The van der Waals surface area contributed by atoms with E-state index in [1.165, 1.54) is 14.2 Å². The van der Waals surface area contributed by atoms with E-state index < -0.39 is 6.04 Å². The molecule has 3 aromatic rings. The van der Waals surface area contributed by atoms with Gasteiger partial charge in [-0.25, -0.2) is 0 Å². The molecule has 1 aliphatic carbocycles. The number of phenolic OH excluding ortho intramolecular Hbond substituents is 1. The Morgan fingerprint density at radius 2 is 1.48 bits per heavy atom. The van der Waals surface area contributed by atoms with Crippen molar-refractivity contribution in [2.24, 2.45) is 0 Å². The highest BCUT2D eigenvalue weighted by molar-refractivity contribution is 6.01. The minimum Gasteiger partial charge on any atom is -0.502 e. The summed E-state index contributed by atoms with van der Waals surface area (Å²) in [6.07, 6.45) is 1.16. The summed E-state index contributed by atoms with van der Waals surface area (Å²) in [4.78, 5) is 13.6. The van der Waals surface area contributed by atoms with Gasteiger partial charge in [-0.15, -0.1) is 0 Å². The SMILES string of the molecule is COc1cc([C@@H]2Nc3ccccc3NC3=C2C(=O)C[C@@H](c2ccccc2)C3)cc(OC)c1O. The summed E-state index contributed by atoms with van der Waals surface area (Å²) < 4.78 is 10.8. The maximum Gasteiger partial charge on any atom is 0.200 e. The molecule has 0 bridgehead atoms. The molecule has 2 aliphatic rings. The van der Waals surface area contributed by atoms with Crippen molar-refractivity contribution < 1.29 is 19.4 Å². The van der Waals surface area contributed by atoms with Crippen molar-refractivity contribution in [3.05, 3.63) is 89.1 Å². The van der Waals surface area contributed by atoms with Gasteiger partial charge in [-0.3, -0.25) is 4.79 Å². The Balaban J connectivity index is 1.65. The number of allylic oxidation sites excluding steroid dienone is 1. The maximum absolute atomic E-state index is 13.6. The molecule has 3 N–H and O–H groups in total. The molecule has 168 valence electrons. The second-order valence-electron chi connectivity index (χ2n) is 8.35. The number of benzene rings is 3. The Morgan fingerprint density at radius 1 is 0.848 bits per heavy atom. The molecular weight excluding hydrogens is 416 g/mol. The smallest absolute Gasteiger partial charge is 0.200 e. The third-order valence-corrected chi connectivity index (χ3v) is 6.42. The maximum atomic E-state index is 13.6. The number of Topliss-reactive ketones (excluding diaryl/α,β-unsaturated/α-hetero) is 1. The number of hydrogen-bond donors (Lipinski definition) is 3. The van der Waals surface area contributed by atoms with Crippen molar-refractivity contribution in [2.45, 2.75) is 24.8 Å². The van der Waals surface area contributed by atoms with E-state index in [0.717, 1.165) is 34.6 Å². The van der Waals surface area contributed by atoms with Crippen LogP contribution < -0.4 is 20.1 Å². The van der Waals surface area contributed by atoms with Gasteiger partial charge in [-0.2, -0.15) is 0 Å². The molecule has 1 heterocycles. The first-order valence-electron chi connectivity index (χ1n) is 11.0. The van der Waals surface area contributed by atoms with Crippen LogP contribution in [0, 0.1) is 0 Å². The van der Waals surface area contributed by atoms with E-state index in [1.807, 2.05) is 42.5 Å². The number of fused-ring (bicyclic) bond motifs is 1. The van der Waals surface area contributed by atoms with E-state index in [0.29, 0.717) is 23.5 Å². The van der Waals surface area contributed by atoms with Crippen molar-refractivity contribution in [1.82, 2.24) is 0 Å². The molecule has 0 saturated heterocycles. The highest BCUT2D eigenvalue weighted by Gasteiger charge is 2.36. The standard InChI is InChI=1S/C27H26N2O4/c1-32-23-14-18(15-24(33-2)27(23)31)26-25-21(28-19-10-6-7-11-20(19)29-26)12-17(13-22(25)30)16-8-4-3-5-9-16/h3-11,14-15,17,26,28-29,31H,12-13H2,1-2H3/t17-,26-/m0/s1. The lowest BCUT2D eigenvalue weighted by Gasteiger charge is -2.30. The molecule has 0 radical (unpaired) electrons. The van der Waals surface area contributed by atoms with Crippen LogP contribution in [0.25, 0.3) is 0 Å². The Morgan fingerprint density at radius 3 is 2.15 bits per heavy atom. The predicted octanol–water partition coefficient (Wildman–Crippen LogP) is 5.39. The molecule has 0 aromatic heterocycles. The lowest BCUT2D eigenvalue weighted by atomic mass is 9.78. The second-order valence-corrected chi connectivity index (χ2v) is 8.35. The normalized spacial score (nSPS) is 19.5. The number of para-hydroxylation sites is 2. The first-order valence-corrected chi connectivity index (χ1v) is 11.0. The van der Waals surface area contributed by atoms with Gasteiger partial charge < -0.3 is 25.2 Å². The Bertz CT molecular complexity index is 1210. The molecule has 0 unspecified atom stereocenters. The van der Waals surface area contributed by atoms with Gasteiger partial charge in [-0.1, -0.05) is 42.5 Å². The molecule has 0 amide bonds. The Kier molecular flexibility index (Phi) is 5.42. The van der Waals surface area contributed by atoms with Crippen LogP contribution in [-0.2, 0) is 4.79 Å². The number of methoxy groups -OCH3 is 2. The number of nitrogens with one attached hydrogen (secondary N) is 2. The summed E-state index contributed by atoms with van der Waals surface area (Å²) in [5, 5.41) is 17.5. The zero-order chi connectivity index (χ0) is 22.9. The van der Waals surface area contributed by atoms with E-state index in [-0.39, 0.29) is 17.5 Å². The largest absolute Gasteiger partial charge is 0.502 e. The third-order valence-electron chi connectivity index (χ3n) is 6.42. The van der Waals surface area contributed by atoms with Crippen LogP contribution in [0.1, 0.15) is 35.9 Å². The summed E-state index contributed by atoms with van der Waals surface area (Å²) in [6.45, 7) is 0. The highest BCUT2D eigenvalue weighted by Crippen LogP contribution is 2.47. The number of rotatable bonds is 4. The average Bonchev–Trinajstić information content (AvgIpc) is 3.01. The number of phenols is 1. The van der Waals surface area contributed by atoms with Gasteiger partial charge in [0.05, 0.1) is 31.6 Å². The molecule has 6 nitrogen and oxygen atoms in total. The molecular formula is C27H26N2O4. The lowest BCUT2D eigenvalue weighted by molar-refractivity contribution is -0.116. The third kappa shape index (κ3) is 3.78. The highest BCUT2D eigenvalue weighted by atomic mass is 16.5. The van der Waals surface area contributed by atoms with Crippen molar-refractivity contribution >= 4 is 17.2 Å². The average molecular weight is 443 g/mol. The first kappa shape index (κ1) is 20.9. The van der Waals surface area contributed by atoms with E-state index in [2.05, 4.69) is 22.8 Å². The Hall–Kier alpha value is -3.93. The van der Waals surface area contributed by atoms with Crippen LogP contribution in [-0.4, -0.2) is 25.1 Å². The number of ether oxygens (including phenoxy) is 2. The number of hydrogen-bond acceptors (Lipinski definition) is 6. The van der Waals surface area contributed by atoms with Gasteiger partial charge in [0.1, 0.15) is 0 Å². The molecule has 6 heteroatoms. The predicted molar refractivity (Wildman–Crippen MR) is 128 cm³/mol. The number of carbonyl (C=O) groups excluding carboxylic acids is 1. The van der Waals surface area contributed by atoms with Gasteiger partial charge in [0.2, 0.25) is 5.75 Å². The molecule has 0 fully saturated rings. The van der Waals surface area contributed by atoms with Crippen molar-refractivity contribution in [1.29, 1.82) is 0 Å². The van der Waals surface area contributed by atoms with Gasteiger partial charge in [0.25, 0.3) is 0 Å². The molecule has 1 aliphatic heterocycles. The van der Waals surface area contributed by atoms with Crippen molar-refractivity contribution in [3.63, 3.8) is 0 Å². The van der Waals surface area contributed by atoms with Gasteiger partial charge in [0, 0.05) is 17.7 Å². The van der Waals surface area contributed by atoms with Gasteiger partial charge >= 0.3 is 0 Å². The monoisotopic (exact) mass is 442 g/mol. The van der Waals surface area contributed by atoms with Gasteiger partial charge in [-0.05, 0) is 47.7 Å². The molecule has 0 spiro atoms. The van der Waals surface area contributed by atoms with E-state index in [9.17, 15) is 9.90 Å². The van der Waals surface area contributed by atoms with Crippen molar-refractivity contribution in [3.8, 4) is 17.2 Å². The number of anilines is 2. The van der Waals surface area contributed by atoms with Gasteiger partial charge in [0.15, 0.2) is 17.3 Å². The van der Waals surface area contributed by atoms with Crippen LogP contribution in [0.3, 0.4) is 0 Å². The summed E-state index contributed by atoms with van der Waals surface area (Å²) in [7, 11) is 2.99. The summed E-state index contributed by atoms with van der Waals surface area (Å²) in [6, 6.07) is 21.2. The first-order chi connectivity index (χ1) is 16.1. The lowest BCUT2D eigenvalue weighted by Crippen LogP contribution is -2.27. The van der Waals surface area contributed by atoms with Crippen molar-refractivity contribution in [2.75, 3.05) is 24.9 Å². The quantitative estimate of drug-likeness (QED) is 0.503. The van der Waals surface area contributed by atoms with Crippen LogP contribution in [0.5, 0.6) is 17.2 Å². The summed E-state index contributed by atoms with van der Waals surface area (Å²) >= 11 is 0. The zero-order valence-corrected chi connectivity index (χ0v) is 18.6. The summed E-state index contributed by atoms with van der Waals surface area (Å²) in [5.74, 6) is 0.728. The van der Waals surface area contributed by atoms with Crippen LogP contribution in [0.2, 0.25) is 0 Å². The fourth-order valence-electron chi connectivity index (χ4n) is 4.78. The number of ketones is 1. The topological polar surface area (TPSA) is 79.8 Å². The number of aromatic hydroxyl groups is 1. The van der Waals surface area contributed by atoms with E-state index in [4.69, 9.17) is 9.47 Å². The molecule has 33 heavy (non-hydrogen) atoms. The van der Waals surface area contributed by atoms with Crippen LogP contribution in [0.4, 0.5) is 11.4 Å². The molecule has 3 aromatic carbocycles. The number of carbonyl (C=O) groups is 1. The molecule has 2 atom stereocenters. The fraction of sp³-hybridized carbons (Fsp3) is 0.222. The minimum absolute atomic E-state index is 0.0655.